The zero-order valence-electron chi connectivity index (χ0n) is 5.78. The molecule has 0 aromatic heterocycles. The molecule has 0 aliphatic rings. The number of hydrogen-bond acceptors (Lipinski definition) is 3. The van der Waals surface area contributed by atoms with Crippen LogP contribution in [0.1, 0.15) is 20.3 Å². The molecule has 0 aromatic rings. The molecule has 2 N–H and O–H groups in total. The first-order chi connectivity index (χ1) is 4.22. The number of hydrogen-bond donors (Lipinski definition) is 2. The molecule has 0 heterocycles. The Morgan fingerprint density at radius 2 is 2.22 bits per heavy atom. The van der Waals surface area contributed by atoms with E-state index in [1.54, 1.807) is 6.92 Å². The highest BCUT2D eigenvalue weighted by Crippen LogP contribution is 2.02. The summed E-state index contributed by atoms with van der Waals surface area (Å²) in [6, 6.07) is 0. The zero-order valence-corrected chi connectivity index (χ0v) is 5.78. The fourth-order valence-corrected chi connectivity index (χ4v) is 0.576. The molecule has 3 heteroatoms. The van der Waals surface area contributed by atoms with E-state index in [1.165, 1.54) is 6.21 Å². The third kappa shape index (κ3) is 3.08. The van der Waals surface area contributed by atoms with Crippen LogP contribution in [0.2, 0.25) is 0 Å². The number of oxime groups is 1. The number of rotatable bonds is 3. The molecule has 2 atom stereocenters. The van der Waals surface area contributed by atoms with Crippen molar-refractivity contribution in [1.82, 2.24) is 0 Å². The van der Waals surface area contributed by atoms with Crippen molar-refractivity contribution in [2.24, 2.45) is 11.1 Å². The van der Waals surface area contributed by atoms with Gasteiger partial charge in [0.25, 0.3) is 0 Å². The van der Waals surface area contributed by atoms with E-state index in [-0.39, 0.29) is 12.0 Å². The third-order valence-corrected chi connectivity index (χ3v) is 1.33. The van der Waals surface area contributed by atoms with Crippen molar-refractivity contribution in [1.29, 1.82) is 0 Å². The Kier molecular flexibility index (Phi) is 4.05. The monoisotopic (exact) mass is 131 g/mol. The summed E-state index contributed by atoms with van der Waals surface area (Å²) in [7, 11) is 0. The van der Waals surface area contributed by atoms with Gasteiger partial charge in [-0.25, -0.2) is 0 Å². The maximum atomic E-state index is 9.06. The molecule has 0 aromatic carbocycles. The second kappa shape index (κ2) is 4.32. The van der Waals surface area contributed by atoms with Gasteiger partial charge in [-0.2, -0.15) is 0 Å². The molecule has 0 spiro atoms. The first kappa shape index (κ1) is 8.43. The summed E-state index contributed by atoms with van der Waals surface area (Å²) in [5, 5.41) is 19.9. The SMILES string of the molecule is CCC(O)C(C)/C=N/O. The minimum Gasteiger partial charge on any atom is -0.411 e. The molecule has 0 aliphatic carbocycles. The van der Waals surface area contributed by atoms with Crippen LogP contribution in [0.5, 0.6) is 0 Å². The lowest BCUT2D eigenvalue weighted by atomic mass is 10.1. The molecular formula is C6H13NO2. The predicted molar refractivity (Wildman–Crippen MR) is 35.7 cm³/mol. The Bertz CT molecular complexity index is 93.1. The van der Waals surface area contributed by atoms with Crippen LogP contribution in [0.15, 0.2) is 5.16 Å². The maximum absolute atomic E-state index is 9.06. The number of nitrogens with zero attached hydrogens (tertiary/aromatic N) is 1. The van der Waals surface area contributed by atoms with E-state index in [4.69, 9.17) is 10.3 Å². The van der Waals surface area contributed by atoms with E-state index in [0.29, 0.717) is 6.42 Å². The van der Waals surface area contributed by atoms with Crippen molar-refractivity contribution < 1.29 is 10.3 Å². The normalized spacial score (nSPS) is 18.1. The first-order valence-electron chi connectivity index (χ1n) is 3.08. The van der Waals surface area contributed by atoms with Crippen LogP contribution in [0.3, 0.4) is 0 Å². The molecule has 0 rings (SSSR count). The van der Waals surface area contributed by atoms with Crippen LogP contribution >= 0.6 is 0 Å². The van der Waals surface area contributed by atoms with Gasteiger partial charge in [0.1, 0.15) is 0 Å². The maximum Gasteiger partial charge on any atom is 0.0613 e. The summed E-state index contributed by atoms with van der Waals surface area (Å²) in [6.45, 7) is 3.68. The van der Waals surface area contributed by atoms with Gasteiger partial charge in [-0.05, 0) is 6.42 Å². The summed E-state index contributed by atoms with van der Waals surface area (Å²) < 4.78 is 0. The fourth-order valence-electron chi connectivity index (χ4n) is 0.576. The average molecular weight is 131 g/mol. The average Bonchev–Trinajstić information content (AvgIpc) is 1.87. The minimum atomic E-state index is -0.388. The van der Waals surface area contributed by atoms with E-state index in [1.807, 2.05) is 6.92 Å². The first-order valence-corrected chi connectivity index (χ1v) is 3.08. The molecule has 0 bridgehead atoms. The van der Waals surface area contributed by atoms with Crippen LogP contribution in [0, 0.1) is 5.92 Å². The smallest absolute Gasteiger partial charge is 0.0613 e. The van der Waals surface area contributed by atoms with Crippen LogP contribution in [-0.4, -0.2) is 22.6 Å². The molecule has 0 saturated carbocycles. The van der Waals surface area contributed by atoms with Crippen molar-refractivity contribution >= 4 is 6.21 Å². The largest absolute Gasteiger partial charge is 0.411 e. The lowest BCUT2D eigenvalue weighted by Gasteiger charge is -2.10. The van der Waals surface area contributed by atoms with Gasteiger partial charge in [-0.15, -0.1) is 5.16 Å². The Hall–Kier alpha value is -0.570. The standard InChI is InChI=1S/C6H13NO2/c1-3-6(8)5(2)4-7-9/h4-6,8-9H,3H2,1-2H3/b7-4+. The van der Waals surface area contributed by atoms with Crippen LogP contribution in [0.4, 0.5) is 0 Å². The highest BCUT2D eigenvalue weighted by molar-refractivity contribution is 5.59. The summed E-state index contributed by atoms with van der Waals surface area (Å²) in [5.41, 5.74) is 0. The molecule has 0 saturated heterocycles. The topological polar surface area (TPSA) is 52.8 Å². The zero-order chi connectivity index (χ0) is 7.28. The van der Waals surface area contributed by atoms with E-state index in [9.17, 15) is 0 Å². The lowest BCUT2D eigenvalue weighted by molar-refractivity contribution is 0.141. The van der Waals surface area contributed by atoms with Gasteiger partial charge in [-0.1, -0.05) is 13.8 Å². The summed E-state index contributed by atoms with van der Waals surface area (Å²) >= 11 is 0. The summed E-state index contributed by atoms with van der Waals surface area (Å²) in [6.07, 6.45) is 1.63. The highest BCUT2D eigenvalue weighted by Gasteiger charge is 2.08. The summed E-state index contributed by atoms with van der Waals surface area (Å²) in [5.74, 6) is -0.0556. The molecule has 0 radical (unpaired) electrons. The number of aliphatic hydroxyl groups is 1. The molecule has 3 nitrogen and oxygen atoms in total. The van der Waals surface area contributed by atoms with E-state index in [2.05, 4.69) is 5.16 Å². The van der Waals surface area contributed by atoms with Gasteiger partial charge in [0.05, 0.1) is 6.10 Å². The lowest BCUT2D eigenvalue weighted by Crippen LogP contribution is -2.17. The van der Waals surface area contributed by atoms with E-state index >= 15 is 0 Å². The van der Waals surface area contributed by atoms with Gasteiger partial charge in [0.2, 0.25) is 0 Å². The van der Waals surface area contributed by atoms with E-state index < -0.39 is 0 Å². The Morgan fingerprint density at radius 1 is 1.67 bits per heavy atom. The van der Waals surface area contributed by atoms with Gasteiger partial charge in [-0.3, -0.25) is 0 Å². The number of aliphatic hydroxyl groups excluding tert-OH is 1. The van der Waals surface area contributed by atoms with Gasteiger partial charge >= 0.3 is 0 Å². The van der Waals surface area contributed by atoms with Crippen LogP contribution < -0.4 is 0 Å². The Balaban J connectivity index is 3.58. The second-order valence-corrected chi connectivity index (χ2v) is 2.10. The van der Waals surface area contributed by atoms with Crippen molar-refractivity contribution in [2.45, 2.75) is 26.4 Å². The molecule has 9 heavy (non-hydrogen) atoms. The van der Waals surface area contributed by atoms with Crippen LogP contribution in [0.25, 0.3) is 0 Å². The van der Waals surface area contributed by atoms with Gasteiger partial charge in [0, 0.05) is 12.1 Å². The molecule has 0 fully saturated rings. The van der Waals surface area contributed by atoms with Crippen molar-refractivity contribution in [2.75, 3.05) is 0 Å². The minimum absolute atomic E-state index is 0.0556. The molecule has 0 amide bonds. The highest BCUT2D eigenvalue weighted by atomic mass is 16.4. The Labute approximate surface area is 55.0 Å². The predicted octanol–water partition coefficient (Wildman–Crippen LogP) is 0.853. The second-order valence-electron chi connectivity index (χ2n) is 2.10. The van der Waals surface area contributed by atoms with E-state index in [0.717, 1.165) is 0 Å². The molecular weight excluding hydrogens is 118 g/mol. The molecule has 54 valence electrons. The fraction of sp³-hybridized carbons (Fsp3) is 0.833. The van der Waals surface area contributed by atoms with Crippen molar-refractivity contribution in [3.63, 3.8) is 0 Å². The summed E-state index contributed by atoms with van der Waals surface area (Å²) in [4.78, 5) is 0. The third-order valence-electron chi connectivity index (χ3n) is 1.33. The van der Waals surface area contributed by atoms with Crippen molar-refractivity contribution in [3.8, 4) is 0 Å². The van der Waals surface area contributed by atoms with Gasteiger partial charge in [0.15, 0.2) is 0 Å². The quantitative estimate of drug-likeness (QED) is 0.339. The molecule has 0 aliphatic heterocycles. The Morgan fingerprint density at radius 3 is 2.56 bits per heavy atom. The van der Waals surface area contributed by atoms with Gasteiger partial charge < -0.3 is 10.3 Å². The molecule has 2 unspecified atom stereocenters. The van der Waals surface area contributed by atoms with Crippen LogP contribution in [-0.2, 0) is 0 Å². The van der Waals surface area contributed by atoms with Crippen molar-refractivity contribution in [3.05, 3.63) is 0 Å².